The minimum Gasteiger partial charge on any atom is -0.368 e. The van der Waals surface area contributed by atoms with Gasteiger partial charge in [-0.3, -0.25) is 0 Å². The SMILES string of the molecule is CC1(CNc2ncnc3c2CCC3)CCCS1. The smallest absolute Gasteiger partial charge is 0.132 e. The Labute approximate surface area is 107 Å². The molecule has 1 saturated heterocycles. The summed E-state index contributed by atoms with van der Waals surface area (Å²) in [6.45, 7) is 3.39. The Hall–Kier alpha value is -0.770. The second-order valence-electron chi connectivity index (χ2n) is 5.26. The summed E-state index contributed by atoms with van der Waals surface area (Å²) in [5, 5.41) is 3.56. The van der Waals surface area contributed by atoms with Crippen LogP contribution in [0.1, 0.15) is 37.4 Å². The molecule has 2 aliphatic rings. The Kier molecular flexibility index (Phi) is 2.99. The van der Waals surface area contributed by atoms with Gasteiger partial charge in [0.2, 0.25) is 0 Å². The lowest BCUT2D eigenvalue weighted by atomic mass is 10.1. The zero-order valence-corrected chi connectivity index (χ0v) is 11.1. The van der Waals surface area contributed by atoms with Crippen LogP contribution in [-0.2, 0) is 12.8 Å². The summed E-state index contributed by atoms with van der Waals surface area (Å²) in [4.78, 5) is 8.77. The van der Waals surface area contributed by atoms with Crippen LogP contribution >= 0.6 is 11.8 Å². The fraction of sp³-hybridized carbons (Fsp3) is 0.692. The molecule has 0 amide bonds. The highest BCUT2D eigenvalue weighted by Crippen LogP contribution is 2.38. The lowest BCUT2D eigenvalue weighted by molar-refractivity contribution is 0.633. The van der Waals surface area contributed by atoms with Crippen LogP contribution < -0.4 is 5.32 Å². The quantitative estimate of drug-likeness (QED) is 0.893. The molecular formula is C13H19N3S. The minimum absolute atomic E-state index is 0.399. The van der Waals surface area contributed by atoms with Crippen molar-refractivity contribution in [2.24, 2.45) is 0 Å². The summed E-state index contributed by atoms with van der Waals surface area (Å²) in [5.74, 6) is 2.39. The van der Waals surface area contributed by atoms with E-state index >= 15 is 0 Å². The predicted octanol–water partition coefficient (Wildman–Crippen LogP) is 2.66. The number of hydrogen-bond acceptors (Lipinski definition) is 4. The van der Waals surface area contributed by atoms with Crippen molar-refractivity contribution < 1.29 is 0 Å². The molecule has 1 unspecified atom stereocenters. The predicted molar refractivity (Wildman–Crippen MR) is 72.6 cm³/mol. The molecule has 3 rings (SSSR count). The van der Waals surface area contributed by atoms with Crippen LogP contribution in [0, 0.1) is 0 Å². The number of thioether (sulfide) groups is 1. The molecule has 0 aromatic carbocycles. The fourth-order valence-corrected chi connectivity index (χ4v) is 4.00. The van der Waals surface area contributed by atoms with Crippen LogP contribution in [-0.4, -0.2) is 27.0 Å². The van der Waals surface area contributed by atoms with Gasteiger partial charge in [0, 0.05) is 22.5 Å². The van der Waals surface area contributed by atoms with E-state index < -0.39 is 0 Å². The van der Waals surface area contributed by atoms with E-state index in [2.05, 4.69) is 34.0 Å². The molecule has 0 radical (unpaired) electrons. The van der Waals surface area contributed by atoms with Gasteiger partial charge in [-0.1, -0.05) is 0 Å². The molecule has 17 heavy (non-hydrogen) atoms. The van der Waals surface area contributed by atoms with Crippen molar-refractivity contribution in [3.05, 3.63) is 17.6 Å². The van der Waals surface area contributed by atoms with Gasteiger partial charge in [-0.25, -0.2) is 9.97 Å². The van der Waals surface area contributed by atoms with E-state index in [0.29, 0.717) is 4.75 Å². The number of aromatic nitrogens is 2. The van der Waals surface area contributed by atoms with E-state index in [-0.39, 0.29) is 0 Å². The molecule has 0 bridgehead atoms. The average molecular weight is 249 g/mol. The maximum absolute atomic E-state index is 4.41. The molecule has 1 aliphatic carbocycles. The Morgan fingerprint density at radius 1 is 1.35 bits per heavy atom. The van der Waals surface area contributed by atoms with Gasteiger partial charge in [-0.05, 0) is 44.8 Å². The van der Waals surface area contributed by atoms with Gasteiger partial charge < -0.3 is 5.32 Å². The van der Waals surface area contributed by atoms with Crippen molar-refractivity contribution in [2.75, 3.05) is 17.6 Å². The summed E-state index contributed by atoms with van der Waals surface area (Å²) in [7, 11) is 0. The molecular weight excluding hydrogens is 230 g/mol. The third-order valence-corrected chi connectivity index (χ3v) is 5.34. The molecule has 1 fully saturated rings. The molecule has 3 nitrogen and oxygen atoms in total. The van der Waals surface area contributed by atoms with Crippen molar-refractivity contribution in [1.29, 1.82) is 0 Å². The first-order chi connectivity index (χ1) is 8.27. The Morgan fingerprint density at radius 3 is 3.12 bits per heavy atom. The van der Waals surface area contributed by atoms with E-state index in [1.54, 1.807) is 6.33 Å². The summed E-state index contributed by atoms with van der Waals surface area (Å²) in [5.41, 5.74) is 2.62. The summed E-state index contributed by atoms with van der Waals surface area (Å²) < 4.78 is 0.399. The molecule has 2 heterocycles. The van der Waals surface area contributed by atoms with Gasteiger partial charge in [-0.15, -0.1) is 0 Å². The molecule has 1 aromatic rings. The largest absolute Gasteiger partial charge is 0.368 e. The van der Waals surface area contributed by atoms with Crippen molar-refractivity contribution >= 4 is 17.6 Å². The Balaban J connectivity index is 1.71. The van der Waals surface area contributed by atoms with Crippen LogP contribution in [0.15, 0.2) is 6.33 Å². The van der Waals surface area contributed by atoms with Gasteiger partial charge in [-0.2, -0.15) is 11.8 Å². The first-order valence-electron chi connectivity index (χ1n) is 6.47. The number of nitrogens with zero attached hydrogens (tertiary/aromatic N) is 2. The summed E-state index contributed by atoms with van der Waals surface area (Å²) >= 11 is 2.09. The highest BCUT2D eigenvalue weighted by molar-refractivity contribution is 8.00. The third-order valence-electron chi connectivity index (χ3n) is 3.81. The average Bonchev–Trinajstić information content (AvgIpc) is 2.95. The highest BCUT2D eigenvalue weighted by Gasteiger charge is 2.29. The number of aryl methyl sites for hydroxylation is 1. The summed E-state index contributed by atoms with van der Waals surface area (Å²) in [6, 6.07) is 0. The second kappa shape index (κ2) is 4.48. The van der Waals surface area contributed by atoms with E-state index in [4.69, 9.17) is 0 Å². The Morgan fingerprint density at radius 2 is 2.29 bits per heavy atom. The molecule has 1 N–H and O–H groups in total. The number of hydrogen-bond donors (Lipinski definition) is 1. The van der Waals surface area contributed by atoms with Crippen LogP contribution in [0.25, 0.3) is 0 Å². The lowest BCUT2D eigenvalue weighted by Gasteiger charge is -2.23. The maximum Gasteiger partial charge on any atom is 0.132 e. The molecule has 0 spiro atoms. The van der Waals surface area contributed by atoms with Gasteiger partial charge in [0.15, 0.2) is 0 Å². The van der Waals surface area contributed by atoms with Crippen LogP contribution in [0.3, 0.4) is 0 Å². The number of anilines is 1. The van der Waals surface area contributed by atoms with Gasteiger partial charge >= 0.3 is 0 Å². The highest BCUT2D eigenvalue weighted by atomic mass is 32.2. The van der Waals surface area contributed by atoms with Gasteiger partial charge in [0.05, 0.1) is 0 Å². The molecule has 1 aromatic heterocycles. The number of nitrogens with one attached hydrogen (secondary N) is 1. The standard InChI is InChI=1S/C13H19N3S/c1-13(6-3-7-17-13)8-14-12-10-4-2-5-11(10)15-9-16-12/h9H,2-8H2,1H3,(H,14,15,16). The van der Waals surface area contributed by atoms with Crippen molar-refractivity contribution in [3.8, 4) is 0 Å². The molecule has 1 aliphatic heterocycles. The van der Waals surface area contributed by atoms with Crippen molar-refractivity contribution in [1.82, 2.24) is 9.97 Å². The molecule has 1 atom stereocenters. The number of fused-ring (bicyclic) bond motifs is 1. The first kappa shape index (κ1) is 11.3. The van der Waals surface area contributed by atoms with Crippen LogP contribution in [0.4, 0.5) is 5.82 Å². The van der Waals surface area contributed by atoms with E-state index in [0.717, 1.165) is 25.2 Å². The fourth-order valence-electron chi connectivity index (χ4n) is 2.76. The van der Waals surface area contributed by atoms with Crippen LogP contribution in [0.5, 0.6) is 0 Å². The van der Waals surface area contributed by atoms with Gasteiger partial charge in [0.25, 0.3) is 0 Å². The lowest BCUT2D eigenvalue weighted by Crippen LogP contribution is -2.27. The van der Waals surface area contributed by atoms with E-state index in [9.17, 15) is 0 Å². The minimum atomic E-state index is 0.399. The van der Waals surface area contributed by atoms with E-state index in [1.165, 1.54) is 36.3 Å². The van der Waals surface area contributed by atoms with Crippen molar-refractivity contribution in [2.45, 2.75) is 43.8 Å². The topological polar surface area (TPSA) is 37.8 Å². The first-order valence-corrected chi connectivity index (χ1v) is 7.46. The van der Waals surface area contributed by atoms with Gasteiger partial charge in [0.1, 0.15) is 12.1 Å². The van der Waals surface area contributed by atoms with Crippen molar-refractivity contribution in [3.63, 3.8) is 0 Å². The molecule has 0 saturated carbocycles. The molecule has 92 valence electrons. The van der Waals surface area contributed by atoms with E-state index in [1.807, 2.05) is 0 Å². The maximum atomic E-state index is 4.41. The monoisotopic (exact) mass is 249 g/mol. The molecule has 4 heteroatoms. The summed E-state index contributed by atoms with van der Waals surface area (Å²) in [6.07, 6.45) is 7.87. The second-order valence-corrected chi connectivity index (χ2v) is 6.94. The van der Waals surface area contributed by atoms with Crippen LogP contribution in [0.2, 0.25) is 0 Å². The zero-order valence-electron chi connectivity index (χ0n) is 10.3. The zero-order chi connectivity index (χ0) is 11.7. The Bertz CT molecular complexity index is 413. The third kappa shape index (κ3) is 2.28. The number of rotatable bonds is 3. The normalized spacial score (nSPS) is 27.1.